The summed E-state index contributed by atoms with van der Waals surface area (Å²) < 4.78 is 5.52. The molecule has 130 valence electrons. The van der Waals surface area contributed by atoms with Crippen molar-refractivity contribution >= 4 is 6.03 Å². The molecule has 2 heterocycles. The summed E-state index contributed by atoms with van der Waals surface area (Å²) >= 11 is 0. The van der Waals surface area contributed by atoms with Gasteiger partial charge in [-0.2, -0.15) is 0 Å². The van der Waals surface area contributed by atoms with Gasteiger partial charge in [0.15, 0.2) is 0 Å². The maximum Gasteiger partial charge on any atom is 0.317 e. The number of urea groups is 1. The molecule has 5 nitrogen and oxygen atoms in total. The van der Waals surface area contributed by atoms with Gasteiger partial charge in [0.05, 0.1) is 6.61 Å². The second-order valence-corrected chi connectivity index (χ2v) is 6.80. The summed E-state index contributed by atoms with van der Waals surface area (Å²) in [5, 5.41) is 3.04. The number of nitrogens with zero attached hydrogens (tertiary/aromatic N) is 2. The average molecular weight is 329 g/mol. The normalized spacial score (nSPS) is 23.3. The van der Waals surface area contributed by atoms with Crippen LogP contribution in [0.1, 0.15) is 44.6 Å². The Bertz CT molecular complexity index is 602. The lowest BCUT2D eigenvalue weighted by molar-refractivity contribution is 0.0958. The highest BCUT2D eigenvalue weighted by atomic mass is 16.5. The van der Waals surface area contributed by atoms with Crippen LogP contribution in [0.25, 0.3) is 0 Å². The van der Waals surface area contributed by atoms with Crippen molar-refractivity contribution in [3.63, 3.8) is 0 Å². The molecule has 0 radical (unpaired) electrons. The highest BCUT2D eigenvalue weighted by Crippen LogP contribution is 2.40. The van der Waals surface area contributed by atoms with Crippen molar-refractivity contribution in [2.75, 3.05) is 19.7 Å². The van der Waals surface area contributed by atoms with Crippen LogP contribution in [0.4, 0.5) is 4.79 Å². The SMILES string of the molecule is CCOc1ncccc1CNC(=O)N1CCCC2(CC=CCC2)C1. The minimum Gasteiger partial charge on any atom is -0.478 e. The van der Waals surface area contributed by atoms with Crippen molar-refractivity contribution in [2.45, 2.75) is 45.6 Å². The molecule has 24 heavy (non-hydrogen) atoms. The van der Waals surface area contributed by atoms with Crippen LogP contribution in [0.5, 0.6) is 5.88 Å². The van der Waals surface area contributed by atoms with E-state index in [0.717, 1.165) is 37.9 Å². The lowest BCUT2D eigenvalue weighted by Gasteiger charge is -2.43. The summed E-state index contributed by atoms with van der Waals surface area (Å²) in [6.07, 6.45) is 12.0. The Labute approximate surface area is 144 Å². The molecular formula is C19H27N3O2. The summed E-state index contributed by atoms with van der Waals surface area (Å²) in [7, 11) is 0. The largest absolute Gasteiger partial charge is 0.478 e. The van der Waals surface area contributed by atoms with Gasteiger partial charge in [0.2, 0.25) is 5.88 Å². The topological polar surface area (TPSA) is 54.5 Å². The Kier molecular flexibility index (Phi) is 5.38. The van der Waals surface area contributed by atoms with Gasteiger partial charge >= 0.3 is 6.03 Å². The summed E-state index contributed by atoms with van der Waals surface area (Å²) in [4.78, 5) is 18.8. The van der Waals surface area contributed by atoms with Gasteiger partial charge in [0.1, 0.15) is 0 Å². The van der Waals surface area contributed by atoms with Crippen molar-refractivity contribution in [3.8, 4) is 5.88 Å². The number of ether oxygens (including phenoxy) is 1. The monoisotopic (exact) mass is 329 g/mol. The number of likely N-dealkylation sites (tertiary alicyclic amines) is 1. The van der Waals surface area contributed by atoms with Gasteiger partial charge in [-0.25, -0.2) is 9.78 Å². The van der Waals surface area contributed by atoms with Gasteiger partial charge in [-0.1, -0.05) is 18.2 Å². The first kappa shape index (κ1) is 16.8. The van der Waals surface area contributed by atoms with Gasteiger partial charge < -0.3 is 15.0 Å². The van der Waals surface area contributed by atoms with E-state index >= 15 is 0 Å². The molecule has 1 aliphatic heterocycles. The van der Waals surface area contributed by atoms with Crippen molar-refractivity contribution in [2.24, 2.45) is 5.41 Å². The molecule has 1 fully saturated rings. The minimum atomic E-state index is 0.0231. The highest BCUT2D eigenvalue weighted by Gasteiger charge is 2.36. The number of hydrogen-bond donors (Lipinski definition) is 1. The lowest BCUT2D eigenvalue weighted by atomic mass is 9.71. The molecule has 2 aliphatic rings. The van der Waals surface area contributed by atoms with Crippen LogP contribution >= 0.6 is 0 Å². The van der Waals surface area contributed by atoms with Crippen LogP contribution in [0.15, 0.2) is 30.5 Å². The molecule has 2 amide bonds. The molecule has 1 aliphatic carbocycles. The van der Waals surface area contributed by atoms with Gasteiger partial charge in [0, 0.05) is 31.4 Å². The van der Waals surface area contributed by atoms with Crippen LogP contribution in [-0.4, -0.2) is 35.6 Å². The number of aromatic nitrogens is 1. The zero-order valence-electron chi connectivity index (χ0n) is 14.5. The number of allylic oxidation sites excluding steroid dienone is 2. The second-order valence-electron chi connectivity index (χ2n) is 6.80. The minimum absolute atomic E-state index is 0.0231. The average Bonchev–Trinajstić information content (AvgIpc) is 2.62. The zero-order chi connectivity index (χ0) is 16.8. The Morgan fingerprint density at radius 1 is 1.42 bits per heavy atom. The summed E-state index contributed by atoms with van der Waals surface area (Å²) in [5.74, 6) is 0.604. The lowest BCUT2D eigenvalue weighted by Crippen LogP contribution is -2.49. The number of amides is 2. The number of carbonyl (C=O) groups is 1. The van der Waals surface area contributed by atoms with E-state index in [1.165, 1.54) is 12.8 Å². The third-order valence-corrected chi connectivity index (χ3v) is 5.07. The highest BCUT2D eigenvalue weighted by molar-refractivity contribution is 5.74. The molecule has 3 rings (SSSR count). The van der Waals surface area contributed by atoms with E-state index in [1.807, 2.05) is 24.0 Å². The standard InChI is InChI=1S/C19H27N3O2/c1-2-24-17-16(8-6-12-20-17)14-21-18(23)22-13-7-11-19(15-22)9-4-3-5-10-19/h3-4,6,8,12H,2,5,7,9-11,13-15H2,1H3,(H,21,23). The van der Waals surface area contributed by atoms with Gasteiger partial charge in [-0.15, -0.1) is 0 Å². The first-order valence-corrected chi connectivity index (χ1v) is 8.97. The fourth-order valence-electron chi connectivity index (χ4n) is 3.80. The van der Waals surface area contributed by atoms with Crippen molar-refractivity contribution in [1.82, 2.24) is 15.2 Å². The van der Waals surface area contributed by atoms with E-state index < -0.39 is 0 Å². The van der Waals surface area contributed by atoms with E-state index in [1.54, 1.807) is 6.20 Å². The molecule has 1 unspecified atom stereocenters. The number of piperidine rings is 1. The molecule has 1 spiro atoms. The fourth-order valence-corrected chi connectivity index (χ4v) is 3.80. The van der Waals surface area contributed by atoms with E-state index in [4.69, 9.17) is 4.74 Å². The van der Waals surface area contributed by atoms with Crippen molar-refractivity contribution in [3.05, 3.63) is 36.0 Å². The number of pyridine rings is 1. The zero-order valence-corrected chi connectivity index (χ0v) is 14.5. The fraction of sp³-hybridized carbons (Fsp3) is 0.579. The van der Waals surface area contributed by atoms with Gasteiger partial charge in [-0.3, -0.25) is 0 Å². The summed E-state index contributed by atoms with van der Waals surface area (Å²) in [6, 6.07) is 3.84. The predicted octanol–water partition coefficient (Wildman–Crippen LogP) is 3.51. The Morgan fingerprint density at radius 2 is 2.33 bits per heavy atom. The van der Waals surface area contributed by atoms with Crippen LogP contribution in [0.2, 0.25) is 0 Å². The van der Waals surface area contributed by atoms with Crippen molar-refractivity contribution < 1.29 is 9.53 Å². The Hall–Kier alpha value is -2.04. The molecule has 1 aromatic rings. The van der Waals surface area contributed by atoms with Crippen LogP contribution in [0.3, 0.4) is 0 Å². The third kappa shape index (κ3) is 3.89. The van der Waals surface area contributed by atoms with E-state index in [9.17, 15) is 4.79 Å². The number of rotatable bonds is 4. The predicted molar refractivity (Wildman–Crippen MR) is 93.9 cm³/mol. The van der Waals surface area contributed by atoms with E-state index in [0.29, 0.717) is 24.4 Å². The van der Waals surface area contributed by atoms with Gasteiger partial charge in [0.25, 0.3) is 0 Å². The molecule has 1 atom stereocenters. The summed E-state index contributed by atoms with van der Waals surface area (Å²) in [5.41, 5.74) is 1.22. The van der Waals surface area contributed by atoms with Crippen LogP contribution in [0, 0.1) is 5.41 Å². The number of carbonyl (C=O) groups excluding carboxylic acids is 1. The molecule has 0 aromatic carbocycles. The molecule has 1 N–H and O–H groups in total. The summed E-state index contributed by atoms with van der Waals surface area (Å²) in [6.45, 7) is 4.67. The van der Waals surface area contributed by atoms with Crippen LogP contribution in [-0.2, 0) is 6.54 Å². The van der Waals surface area contributed by atoms with Gasteiger partial charge in [-0.05, 0) is 50.5 Å². The molecule has 1 saturated heterocycles. The molecule has 0 saturated carbocycles. The van der Waals surface area contributed by atoms with Crippen molar-refractivity contribution in [1.29, 1.82) is 0 Å². The molecule has 5 heteroatoms. The van der Waals surface area contributed by atoms with E-state index in [2.05, 4.69) is 22.5 Å². The molecule has 1 aromatic heterocycles. The van der Waals surface area contributed by atoms with Crippen LogP contribution < -0.4 is 10.1 Å². The second kappa shape index (κ2) is 7.69. The Balaban J connectivity index is 1.58. The maximum atomic E-state index is 12.6. The first-order chi connectivity index (χ1) is 11.7. The third-order valence-electron chi connectivity index (χ3n) is 5.07. The number of hydrogen-bond acceptors (Lipinski definition) is 3. The smallest absolute Gasteiger partial charge is 0.317 e. The quantitative estimate of drug-likeness (QED) is 0.860. The molecule has 0 bridgehead atoms. The molecular weight excluding hydrogens is 302 g/mol. The first-order valence-electron chi connectivity index (χ1n) is 8.97. The van der Waals surface area contributed by atoms with E-state index in [-0.39, 0.29) is 6.03 Å². The Morgan fingerprint density at radius 3 is 3.12 bits per heavy atom. The maximum absolute atomic E-state index is 12.6. The number of nitrogens with one attached hydrogen (secondary N) is 1.